The van der Waals surface area contributed by atoms with Crippen LogP contribution in [0.25, 0.3) is 38.9 Å². The van der Waals surface area contributed by atoms with E-state index < -0.39 is 5.97 Å². The molecule has 200 valence electrons. The number of fused-ring (bicyclic) bond motifs is 2. The molecule has 5 rings (SSSR count). The Balaban J connectivity index is 1.50. The summed E-state index contributed by atoms with van der Waals surface area (Å²) in [5.74, 6) is 0.378. The zero-order chi connectivity index (χ0) is 27.4. The first kappa shape index (κ1) is 26.2. The van der Waals surface area contributed by atoms with Gasteiger partial charge >= 0.3 is 5.97 Å². The molecule has 0 aliphatic carbocycles. The Hall–Kier alpha value is -4.43. The number of nitrogens with one attached hydrogen (secondary N) is 1. The minimum Gasteiger partial charge on any atom is -0.493 e. The number of aryl methyl sites for hydroxylation is 2. The number of ether oxygens (including phenoxy) is 2. The van der Waals surface area contributed by atoms with Crippen molar-refractivity contribution in [3.63, 3.8) is 0 Å². The van der Waals surface area contributed by atoms with Crippen LogP contribution in [0.15, 0.2) is 67.0 Å². The summed E-state index contributed by atoms with van der Waals surface area (Å²) in [5.41, 5.74) is 4.12. The van der Waals surface area contributed by atoms with Crippen LogP contribution in [0.1, 0.15) is 40.8 Å². The molecule has 39 heavy (non-hydrogen) atoms. The molecule has 0 fully saturated rings. The van der Waals surface area contributed by atoms with Gasteiger partial charge in [0.25, 0.3) is 0 Å². The summed E-state index contributed by atoms with van der Waals surface area (Å²) in [6.07, 6.45) is 2.91. The van der Waals surface area contributed by atoms with Crippen LogP contribution in [0.3, 0.4) is 0 Å². The van der Waals surface area contributed by atoms with Gasteiger partial charge in [-0.2, -0.15) is 5.10 Å². The van der Waals surface area contributed by atoms with Crippen molar-refractivity contribution in [1.29, 1.82) is 0 Å². The van der Waals surface area contributed by atoms with Gasteiger partial charge < -0.3 is 19.6 Å². The number of halogens is 1. The summed E-state index contributed by atoms with van der Waals surface area (Å²) >= 11 is 0. The second-order valence-corrected chi connectivity index (χ2v) is 9.14. The SMILES string of the molecule is CCOC(=O)c1[nH]c2c(-c3c(/C=C/F)nn(C)c3CO)cccc2c1CCCOc1cccc2ccccc12. The van der Waals surface area contributed by atoms with Gasteiger partial charge in [0.1, 0.15) is 11.4 Å². The number of hydrogen-bond donors (Lipinski definition) is 2. The third kappa shape index (κ3) is 5.03. The first-order chi connectivity index (χ1) is 19.1. The highest BCUT2D eigenvalue weighted by molar-refractivity contribution is 6.04. The lowest BCUT2D eigenvalue weighted by molar-refractivity contribution is 0.0519. The van der Waals surface area contributed by atoms with Gasteiger partial charge in [-0.05, 0) is 42.9 Å². The summed E-state index contributed by atoms with van der Waals surface area (Å²) in [4.78, 5) is 16.3. The highest BCUT2D eigenvalue weighted by atomic mass is 19.1. The van der Waals surface area contributed by atoms with Crippen LogP contribution >= 0.6 is 0 Å². The average Bonchev–Trinajstić information content (AvgIpc) is 3.48. The fourth-order valence-electron chi connectivity index (χ4n) is 5.10. The van der Waals surface area contributed by atoms with E-state index in [-0.39, 0.29) is 13.2 Å². The maximum Gasteiger partial charge on any atom is 0.355 e. The molecule has 2 aromatic heterocycles. The van der Waals surface area contributed by atoms with E-state index in [4.69, 9.17) is 9.47 Å². The summed E-state index contributed by atoms with van der Waals surface area (Å²) in [6.45, 7) is 2.19. The van der Waals surface area contributed by atoms with Crippen molar-refractivity contribution in [2.75, 3.05) is 13.2 Å². The molecule has 0 bridgehead atoms. The van der Waals surface area contributed by atoms with Crippen LogP contribution in [0.4, 0.5) is 4.39 Å². The smallest absolute Gasteiger partial charge is 0.355 e. The highest BCUT2D eigenvalue weighted by Crippen LogP contribution is 2.37. The Kier molecular flexibility index (Phi) is 7.74. The molecule has 2 heterocycles. The summed E-state index contributed by atoms with van der Waals surface area (Å²) in [5, 5.41) is 17.4. The fourth-order valence-corrected chi connectivity index (χ4v) is 5.10. The van der Waals surface area contributed by atoms with Gasteiger partial charge in [-0.3, -0.25) is 4.68 Å². The number of carbonyl (C=O) groups is 1. The van der Waals surface area contributed by atoms with E-state index >= 15 is 0 Å². The minimum atomic E-state index is -0.443. The van der Waals surface area contributed by atoms with E-state index in [1.54, 1.807) is 14.0 Å². The van der Waals surface area contributed by atoms with Crippen molar-refractivity contribution in [3.8, 4) is 16.9 Å². The molecule has 7 nitrogen and oxygen atoms in total. The lowest BCUT2D eigenvalue weighted by atomic mass is 9.98. The molecular weight excluding hydrogens is 497 g/mol. The molecule has 0 saturated heterocycles. The normalized spacial score (nSPS) is 11.6. The van der Waals surface area contributed by atoms with Gasteiger partial charge in [-0.15, -0.1) is 0 Å². The van der Waals surface area contributed by atoms with Gasteiger partial charge in [0.2, 0.25) is 0 Å². The molecule has 0 saturated carbocycles. The predicted molar refractivity (Wildman–Crippen MR) is 150 cm³/mol. The topological polar surface area (TPSA) is 89.4 Å². The second kappa shape index (κ2) is 11.5. The third-order valence-corrected chi connectivity index (χ3v) is 6.83. The number of rotatable bonds is 10. The van der Waals surface area contributed by atoms with Gasteiger partial charge in [0.15, 0.2) is 0 Å². The number of benzene rings is 3. The molecule has 5 aromatic rings. The van der Waals surface area contributed by atoms with Crippen LogP contribution in [-0.2, 0) is 24.8 Å². The molecule has 0 aliphatic heterocycles. The monoisotopic (exact) mass is 527 g/mol. The largest absolute Gasteiger partial charge is 0.493 e. The molecule has 0 amide bonds. The van der Waals surface area contributed by atoms with E-state index in [1.165, 1.54) is 10.8 Å². The number of carbonyl (C=O) groups excluding carboxylic acids is 1. The Bertz CT molecular complexity index is 1660. The van der Waals surface area contributed by atoms with Gasteiger partial charge in [-0.25, -0.2) is 9.18 Å². The van der Waals surface area contributed by atoms with Crippen molar-refractivity contribution in [2.24, 2.45) is 7.05 Å². The quantitative estimate of drug-likeness (QED) is 0.163. The average molecular weight is 528 g/mol. The number of H-pyrrole nitrogens is 1. The zero-order valence-electron chi connectivity index (χ0n) is 21.9. The minimum absolute atomic E-state index is 0.243. The zero-order valence-corrected chi connectivity index (χ0v) is 21.9. The number of aliphatic hydroxyl groups is 1. The number of esters is 1. The first-order valence-corrected chi connectivity index (χ1v) is 12.9. The van der Waals surface area contributed by atoms with E-state index in [0.717, 1.165) is 27.5 Å². The van der Waals surface area contributed by atoms with E-state index in [1.807, 2.05) is 48.5 Å². The van der Waals surface area contributed by atoms with Crippen molar-refractivity contribution >= 4 is 33.7 Å². The van der Waals surface area contributed by atoms with Gasteiger partial charge in [0.05, 0.1) is 43.1 Å². The van der Waals surface area contributed by atoms with Crippen molar-refractivity contribution < 1.29 is 23.8 Å². The molecule has 0 atom stereocenters. The summed E-state index contributed by atoms with van der Waals surface area (Å²) in [7, 11) is 1.70. The third-order valence-electron chi connectivity index (χ3n) is 6.83. The number of aliphatic hydroxyl groups excluding tert-OH is 1. The highest BCUT2D eigenvalue weighted by Gasteiger charge is 2.24. The maximum absolute atomic E-state index is 13.2. The summed E-state index contributed by atoms with van der Waals surface area (Å²) in [6, 6.07) is 19.8. The van der Waals surface area contributed by atoms with Crippen molar-refractivity contribution in [1.82, 2.24) is 14.8 Å². The molecule has 0 aliphatic rings. The second-order valence-electron chi connectivity index (χ2n) is 9.14. The Morgan fingerprint density at radius 2 is 1.87 bits per heavy atom. The number of para-hydroxylation sites is 1. The van der Waals surface area contributed by atoms with Crippen LogP contribution in [-0.4, -0.2) is 39.1 Å². The molecule has 0 unspecified atom stereocenters. The van der Waals surface area contributed by atoms with Crippen molar-refractivity contribution in [3.05, 3.63) is 89.6 Å². The number of aromatic amines is 1. The van der Waals surface area contributed by atoms with Crippen LogP contribution < -0.4 is 4.74 Å². The molecule has 3 aromatic carbocycles. The molecule has 0 radical (unpaired) electrons. The molecule has 2 N–H and O–H groups in total. The van der Waals surface area contributed by atoms with E-state index in [0.29, 0.717) is 59.5 Å². The van der Waals surface area contributed by atoms with Crippen molar-refractivity contribution in [2.45, 2.75) is 26.4 Å². The maximum atomic E-state index is 13.2. The predicted octanol–water partition coefficient (Wildman–Crippen LogP) is 6.34. The summed E-state index contributed by atoms with van der Waals surface area (Å²) < 4.78 is 26.2. The van der Waals surface area contributed by atoms with E-state index in [2.05, 4.69) is 22.2 Å². The van der Waals surface area contributed by atoms with Crippen LogP contribution in [0.2, 0.25) is 0 Å². The molecule has 0 spiro atoms. The van der Waals surface area contributed by atoms with Gasteiger partial charge in [0, 0.05) is 28.9 Å². The lowest BCUT2D eigenvalue weighted by Crippen LogP contribution is -2.09. The number of nitrogens with zero attached hydrogens (tertiary/aromatic N) is 2. The van der Waals surface area contributed by atoms with E-state index in [9.17, 15) is 14.3 Å². The number of hydrogen-bond acceptors (Lipinski definition) is 5. The lowest BCUT2D eigenvalue weighted by Gasteiger charge is -2.10. The van der Waals surface area contributed by atoms with Gasteiger partial charge in [-0.1, -0.05) is 54.6 Å². The Labute approximate surface area is 225 Å². The Morgan fingerprint density at radius 1 is 1.10 bits per heavy atom. The fraction of sp³-hybridized carbons (Fsp3) is 0.226. The number of aromatic nitrogens is 3. The Morgan fingerprint density at radius 3 is 2.67 bits per heavy atom. The van der Waals surface area contributed by atoms with Crippen LogP contribution in [0, 0.1) is 0 Å². The standard InChI is InChI=1S/C31H30FN3O4/c1-3-38-31(37)30-23(14-8-18-39-27-15-6-10-20-9-4-5-11-21(20)27)22-12-7-13-24(29(22)33-30)28-25(16-17-32)34-35(2)26(28)19-36/h4-7,9-13,15-17,33,36H,3,8,14,18-19H2,1-2H3/b17-16+. The molecule has 8 heteroatoms. The van der Waals surface area contributed by atoms with Crippen LogP contribution in [0.5, 0.6) is 5.75 Å². The first-order valence-electron chi connectivity index (χ1n) is 12.9. The molecular formula is C31H30FN3O4.